The maximum atomic E-state index is 10.7. The standard InChI is InChI=1S/C13H22N4O2/c1-3-5-7-10(6-4-2)15-12-9-8-11(17(18)19)13(14)16-12/h8-10H,3-7H2,1-2H3,(H3,14,15,16). The van der Waals surface area contributed by atoms with Gasteiger partial charge in [0.05, 0.1) is 4.92 Å². The molecule has 0 saturated heterocycles. The maximum absolute atomic E-state index is 10.7. The monoisotopic (exact) mass is 266 g/mol. The number of nitro groups is 1. The molecule has 1 aromatic rings. The number of nitrogens with zero attached hydrogens (tertiary/aromatic N) is 2. The molecule has 1 unspecified atom stereocenters. The molecule has 0 amide bonds. The first-order valence-corrected chi connectivity index (χ1v) is 6.75. The van der Waals surface area contributed by atoms with Crippen molar-refractivity contribution >= 4 is 17.3 Å². The van der Waals surface area contributed by atoms with E-state index in [1.807, 2.05) is 0 Å². The second kappa shape index (κ2) is 7.56. The molecule has 0 aromatic carbocycles. The van der Waals surface area contributed by atoms with E-state index in [4.69, 9.17) is 5.73 Å². The van der Waals surface area contributed by atoms with Gasteiger partial charge in [-0.3, -0.25) is 10.1 Å². The van der Waals surface area contributed by atoms with Crippen molar-refractivity contribution in [3.63, 3.8) is 0 Å². The summed E-state index contributed by atoms with van der Waals surface area (Å²) >= 11 is 0. The molecule has 1 rings (SSSR count). The highest BCUT2D eigenvalue weighted by molar-refractivity contribution is 5.57. The van der Waals surface area contributed by atoms with Gasteiger partial charge in [-0.1, -0.05) is 33.1 Å². The normalized spacial score (nSPS) is 12.1. The lowest BCUT2D eigenvalue weighted by Gasteiger charge is -2.18. The van der Waals surface area contributed by atoms with Gasteiger partial charge >= 0.3 is 5.69 Å². The molecule has 6 nitrogen and oxygen atoms in total. The number of nitrogens with two attached hydrogens (primary N) is 1. The highest BCUT2D eigenvalue weighted by Crippen LogP contribution is 2.22. The summed E-state index contributed by atoms with van der Waals surface area (Å²) in [6.45, 7) is 4.30. The number of hydrogen-bond donors (Lipinski definition) is 2. The zero-order valence-corrected chi connectivity index (χ0v) is 11.6. The largest absolute Gasteiger partial charge is 0.378 e. The van der Waals surface area contributed by atoms with E-state index >= 15 is 0 Å². The highest BCUT2D eigenvalue weighted by atomic mass is 16.6. The number of pyridine rings is 1. The van der Waals surface area contributed by atoms with Gasteiger partial charge in [-0.05, 0) is 18.9 Å². The summed E-state index contributed by atoms with van der Waals surface area (Å²) in [6, 6.07) is 3.36. The summed E-state index contributed by atoms with van der Waals surface area (Å²) in [4.78, 5) is 14.2. The fourth-order valence-corrected chi connectivity index (χ4v) is 2.00. The fraction of sp³-hybridized carbons (Fsp3) is 0.615. The second-order valence-electron chi connectivity index (χ2n) is 4.63. The minimum atomic E-state index is -0.521. The van der Waals surface area contributed by atoms with Crippen molar-refractivity contribution in [1.29, 1.82) is 0 Å². The van der Waals surface area contributed by atoms with E-state index in [9.17, 15) is 10.1 Å². The van der Waals surface area contributed by atoms with Crippen LogP contribution in [0.25, 0.3) is 0 Å². The Morgan fingerprint density at radius 1 is 1.37 bits per heavy atom. The minimum Gasteiger partial charge on any atom is -0.378 e. The van der Waals surface area contributed by atoms with Crippen LogP contribution in [0.2, 0.25) is 0 Å². The van der Waals surface area contributed by atoms with Crippen molar-refractivity contribution in [3.05, 3.63) is 22.2 Å². The lowest BCUT2D eigenvalue weighted by Crippen LogP contribution is -2.20. The van der Waals surface area contributed by atoms with Crippen LogP contribution in [0.15, 0.2) is 12.1 Å². The zero-order chi connectivity index (χ0) is 14.3. The van der Waals surface area contributed by atoms with Crippen LogP contribution in [0.4, 0.5) is 17.3 Å². The maximum Gasteiger partial charge on any atom is 0.311 e. The molecule has 0 aliphatic rings. The van der Waals surface area contributed by atoms with E-state index in [2.05, 4.69) is 24.1 Å². The molecule has 6 heteroatoms. The van der Waals surface area contributed by atoms with Crippen molar-refractivity contribution in [3.8, 4) is 0 Å². The Morgan fingerprint density at radius 3 is 2.63 bits per heavy atom. The minimum absolute atomic E-state index is 0.0410. The molecule has 1 heterocycles. The van der Waals surface area contributed by atoms with E-state index in [-0.39, 0.29) is 11.5 Å². The molecule has 1 aromatic heterocycles. The Hall–Kier alpha value is -1.85. The molecule has 3 N–H and O–H groups in total. The highest BCUT2D eigenvalue weighted by Gasteiger charge is 2.14. The van der Waals surface area contributed by atoms with Crippen LogP contribution in [0.1, 0.15) is 46.0 Å². The number of nitrogen functional groups attached to an aromatic ring is 1. The Kier molecular flexibility index (Phi) is 6.05. The molecule has 106 valence electrons. The van der Waals surface area contributed by atoms with Gasteiger partial charge in [0, 0.05) is 12.1 Å². The predicted molar refractivity (Wildman–Crippen MR) is 77.1 cm³/mol. The lowest BCUT2D eigenvalue weighted by atomic mass is 10.1. The van der Waals surface area contributed by atoms with Crippen LogP contribution in [0, 0.1) is 10.1 Å². The van der Waals surface area contributed by atoms with Gasteiger partial charge < -0.3 is 11.1 Å². The van der Waals surface area contributed by atoms with Crippen molar-refractivity contribution in [2.24, 2.45) is 0 Å². The van der Waals surface area contributed by atoms with Gasteiger partial charge in [0.15, 0.2) is 0 Å². The molecule has 0 bridgehead atoms. The van der Waals surface area contributed by atoms with Gasteiger partial charge in [-0.2, -0.15) is 0 Å². The molecule has 0 aliphatic heterocycles. The number of aromatic nitrogens is 1. The van der Waals surface area contributed by atoms with Crippen LogP contribution in [-0.2, 0) is 0 Å². The number of anilines is 2. The Bertz CT molecular complexity index is 423. The van der Waals surface area contributed by atoms with E-state index in [0.717, 1.165) is 32.1 Å². The molecular formula is C13H22N4O2. The summed E-state index contributed by atoms with van der Waals surface area (Å²) in [7, 11) is 0. The summed E-state index contributed by atoms with van der Waals surface area (Å²) in [5, 5.41) is 14.0. The number of rotatable bonds is 8. The second-order valence-corrected chi connectivity index (χ2v) is 4.63. The molecule has 0 aliphatic carbocycles. The van der Waals surface area contributed by atoms with E-state index in [1.54, 1.807) is 6.07 Å². The first-order chi connectivity index (χ1) is 9.08. The molecule has 1 atom stereocenters. The Labute approximate surface area is 113 Å². The van der Waals surface area contributed by atoms with Crippen LogP contribution in [0.3, 0.4) is 0 Å². The topological polar surface area (TPSA) is 94.1 Å². The van der Waals surface area contributed by atoms with Gasteiger partial charge in [-0.25, -0.2) is 4.98 Å². The van der Waals surface area contributed by atoms with Crippen LogP contribution in [-0.4, -0.2) is 15.9 Å². The lowest BCUT2D eigenvalue weighted by molar-refractivity contribution is -0.384. The van der Waals surface area contributed by atoms with E-state index in [1.165, 1.54) is 6.07 Å². The van der Waals surface area contributed by atoms with Crippen molar-refractivity contribution in [2.75, 3.05) is 11.1 Å². The van der Waals surface area contributed by atoms with Gasteiger partial charge in [0.25, 0.3) is 0 Å². The number of hydrogen-bond acceptors (Lipinski definition) is 5. The van der Waals surface area contributed by atoms with Crippen molar-refractivity contribution in [1.82, 2.24) is 4.98 Å². The molecule has 0 fully saturated rings. The van der Waals surface area contributed by atoms with Crippen molar-refractivity contribution < 1.29 is 4.92 Å². The quantitative estimate of drug-likeness (QED) is 0.556. The van der Waals surface area contributed by atoms with Gasteiger partial charge in [0.2, 0.25) is 5.82 Å². The third-order valence-corrected chi connectivity index (χ3v) is 2.99. The van der Waals surface area contributed by atoms with Crippen LogP contribution >= 0.6 is 0 Å². The smallest absolute Gasteiger partial charge is 0.311 e. The SMILES string of the molecule is CCCCC(CCC)Nc1ccc([N+](=O)[O-])c(N)n1. The average molecular weight is 266 g/mol. The zero-order valence-electron chi connectivity index (χ0n) is 11.6. The summed E-state index contributed by atoms with van der Waals surface area (Å²) in [6.07, 6.45) is 5.52. The Balaban J connectivity index is 2.73. The van der Waals surface area contributed by atoms with Gasteiger partial charge in [-0.15, -0.1) is 0 Å². The predicted octanol–water partition coefficient (Wildman–Crippen LogP) is 3.34. The fourth-order valence-electron chi connectivity index (χ4n) is 2.00. The average Bonchev–Trinajstić information content (AvgIpc) is 2.36. The van der Waals surface area contributed by atoms with Crippen LogP contribution < -0.4 is 11.1 Å². The summed E-state index contributed by atoms with van der Waals surface area (Å²) in [5.41, 5.74) is 5.43. The molecule has 0 spiro atoms. The van der Waals surface area contributed by atoms with Crippen molar-refractivity contribution in [2.45, 2.75) is 52.0 Å². The first kappa shape index (κ1) is 15.2. The first-order valence-electron chi connectivity index (χ1n) is 6.75. The van der Waals surface area contributed by atoms with E-state index in [0.29, 0.717) is 11.9 Å². The van der Waals surface area contributed by atoms with E-state index < -0.39 is 4.92 Å². The summed E-state index contributed by atoms with van der Waals surface area (Å²) < 4.78 is 0. The molecule has 19 heavy (non-hydrogen) atoms. The molecule has 0 radical (unpaired) electrons. The van der Waals surface area contributed by atoms with Gasteiger partial charge in [0.1, 0.15) is 5.82 Å². The third kappa shape index (κ3) is 4.73. The number of unbranched alkanes of at least 4 members (excludes halogenated alkanes) is 1. The van der Waals surface area contributed by atoms with Crippen LogP contribution in [0.5, 0.6) is 0 Å². The molecule has 0 saturated carbocycles. The third-order valence-electron chi connectivity index (χ3n) is 2.99. The number of nitrogens with one attached hydrogen (secondary N) is 1. The summed E-state index contributed by atoms with van der Waals surface area (Å²) in [5.74, 6) is 0.568. The Morgan fingerprint density at radius 2 is 2.11 bits per heavy atom. The molecular weight excluding hydrogens is 244 g/mol.